The van der Waals surface area contributed by atoms with Crippen molar-refractivity contribution in [3.63, 3.8) is 0 Å². The van der Waals surface area contributed by atoms with Crippen molar-refractivity contribution in [2.45, 2.75) is 0 Å². The van der Waals surface area contributed by atoms with Gasteiger partial charge in [0.1, 0.15) is 0 Å². The zero-order valence-electron chi connectivity index (χ0n) is 12.0. The van der Waals surface area contributed by atoms with Gasteiger partial charge in [0.15, 0.2) is 11.5 Å². The summed E-state index contributed by atoms with van der Waals surface area (Å²) >= 11 is 7.32. The Morgan fingerprint density at radius 3 is 1.32 bits per heavy atom. The van der Waals surface area contributed by atoms with Crippen molar-refractivity contribution in [1.82, 2.24) is 0 Å². The average Bonchev–Trinajstić information content (AvgIpc) is 2.55. The molecule has 4 rings (SSSR count). The summed E-state index contributed by atoms with van der Waals surface area (Å²) < 4.78 is 13.5. The summed E-state index contributed by atoms with van der Waals surface area (Å²) in [6.07, 6.45) is 0. The standard InChI is InChI=1S/C18H12Br2O2/c1-21-17-11-5-7-13(19)9-3-4-10-14(20)8-6-12(18(17)22-2)16(10)15(9)11/h3-8H,1-2H3. The minimum Gasteiger partial charge on any atom is -0.492 e. The first kappa shape index (κ1) is 14.1. The Morgan fingerprint density at radius 1 is 0.591 bits per heavy atom. The summed E-state index contributed by atoms with van der Waals surface area (Å²) in [5.41, 5.74) is 0. The van der Waals surface area contributed by atoms with E-state index in [1.807, 2.05) is 0 Å². The van der Waals surface area contributed by atoms with E-state index in [1.165, 1.54) is 21.5 Å². The van der Waals surface area contributed by atoms with Gasteiger partial charge in [-0.05, 0) is 35.0 Å². The monoisotopic (exact) mass is 418 g/mol. The van der Waals surface area contributed by atoms with Crippen molar-refractivity contribution in [2.75, 3.05) is 14.2 Å². The molecule has 4 aromatic rings. The summed E-state index contributed by atoms with van der Waals surface area (Å²) in [6.45, 7) is 0. The lowest BCUT2D eigenvalue weighted by atomic mass is 9.93. The van der Waals surface area contributed by atoms with Gasteiger partial charge in [0.25, 0.3) is 0 Å². The molecule has 0 heterocycles. The van der Waals surface area contributed by atoms with Gasteiger partial charge < -0.3 is 9.47 Å². The molecule has 0 fully saturated rings. The minimum absolute atomic E-state index is 0.780. The lowest BCUT2D eigenvalue weighted by molar-refractivity contribution is 0.362. The molecule has 0 saturated heterocycles. The van der Waals surface area contributed by atoms with Gasteiger partial charge in [-0.1, -0.05) is 44.0 Å². The zero-order valence-corrected chi connectivity index (χ0v) is 15.2. The molecule has 0 amide bonds. The van der Waals surface area contributed by atoms with Crippen LogP contribution in [0.2, 0.25) is 0 Å². The van der Waals surface area contributed by atoms with E-state index in [9.17, 15) is 0 Å². The second kappa shape index (κ2) is 5.00. The maximum Gasteiger partial charge on any atom is 0.169 e. The smallest absolute Gasteiger partial charge is 0.169 e. The van der Waals surface area contributed by atoms with Crippen LogP contribution in [0.1, 0.15) is 0 Å². The van der Waals surface area contributed by atoms with E-state index in [1.54, 1.807) is 14.2 Å². The van der Waals surface area contributed by atoms with Crippen molar-refractivity contribution in [3.8, 4) is 11.5 Å². The maximum atomic E-state index is 5.67. The largest absolute Gasteiger partial charge is 0.492 e. The fourth-order valence-corrected chi connectivity index (χ4v) is 4.17. The molecule has 0 saturated carbocycles. The van der Waals surface area contributed by atoms with Gasteiger partial charge in [0.2, 0.25) is 0 Å². The molecule has 22 heavy (non-hydrogen) atoms. The molecular formula is C18H12Br2O2. The van der Waals surface area contributed by atoms with Crippen LogP contribution in [0, 0.1) is 0 Å². The van der Waals surface area contributed by atoms with Gasteiger partial charge in [-0.15, -0.1) is 0 Å². The average molecular weight is 420 g/mol. The van der Waals surface area contributed by atoms with Gasteiger partial charge in [-0.25, -0.2) is 0 Å². The van der Waals surface area contributed by atoms with Crippen LogP contribution in [-0.2, 0) is 0 Å². The van der Waals surface area contributed by atoms with Crippen LogP contribution in [0.15, 0.2) is 45.3 Å². The second-order valence-corrected chi connectivity index (χ2v) is 6.88. The third-order valence-electron chi connectivity index (χ3n) is 4.16. The molecule has 0 atom stereocenters. The van der Waals surface area contributed by atoms with Gasteiger partial charge in [0, 0.05) is 30.5 Å². The van der Waals surface area contributed by atoms with Gasteiger partial charge in [0.05, 0.1) is 14.2 Å². The number of rotatable bonds is 2. The van der Waals surface area contributed by atoms with Crippen molar-refractivity contribution >= 4 is 64.2 Å². The normalized spacial score (nSPS) is 11.6. The van der Waals surface area contributed by atoms with Crippen LogP contribution >= 0.6 is 31.9 Å². The first-order valence-electron chi connectivity index (χ1n) is 6.83. The van der Waals surface area contributed by atoms with Crippen molar-refractivity contribution in [2.24, 2.45) is 0 Å². The highest BCUT2D eigenvalue weighted by Crippen LogP contribution is 2.49. The summed E-state index contributed by atoms with van der Waals surface area (Å²) in [5, 5.41) is 6.87. The molecule has 0 aromatic heterocycles. The van der Waals surface area contributed by atoms with E-state index < -0.39 is 0 Å². The van der Waals surface area contributed by atoms with Gasteiger partial charge >= 0.3 is 0 Å². The third kappa shape index (κ3) is 1.71. The first-order chi connectivity index (χ1) is 10.7. The second-order valence-electron chi connectivity index (χ2n) is 5.17. The molecule has 4 heteroatoms. The lowest BCUT2D eigenvalue weighted by Gasteiger charge is -2.19. The van der Waals surface area contributed by atoms with Crippen LogP contribution in [0.4, 0.5) is 0 Å². The molecule has 0 N–H and O–H groups in total. The Balaban J connectivity index is 2.44. The summed E-state index contributed by atoms with van der Waals surface area (Å²) in [5.74, 6) is 1.56. The molecule has 4 aromatic carbocycles. The highest BCUT2D eigenvalue weighted by atomic mass is 79.9. The zero-order chi connectivity index (χ0) is 15.4. The van der Waals surface area contributed by atoms with Gasteiger partial charge in [-0.3, -0.25) is 0 Å². The molecule has 110 valence electrons. The highest BCUT2D eigenvalue weighted by molar-refractivity contribution is 9.11. The molecule has 0 aliphatic rings. The number of benzene rings is 4. The highest BCUT2D eigenvalue weighted by Gasteiger charge is 2.20. The van der Waals surface area contributed by atoms with E-state index in [0.29, 0.717) is 0 Å². The Labute approximate surface area is 144 Å². The number of halogens is 2. The topological polar surface area (TPSA) is 18.5 Å². The van der Waals surface area contributed by atoms with E-state index >= 15 is 0 Å². The van der Waals surface area contributed by atoms with Gasteiger partial charge in [-0.2, -0.15) is 0 Å². The van der Waals surface area contributed by atoms with E-state index in [2.05, 4.69) is 68.3 Å². The Bertz CT molecular complexity index is 941. The van der Waals surface area contributed by atoms with E-state index in [0.717, 1.165) is 31.2 Å². The molecular weight excluding hydrogens is 408 g/mol. The first-order valence-corrected chi connectivity index (χ1v) is 8.42. The van der Waals surface area contributed by atoms with Crippen molar-refractivity contribution in [1.29, 1.82) is 0 Å². The molecule has 0 spiro atoms. The number of hydrogen-bond donors (Lipinski definition) is 0. The van der Waals surface area contributed by atoms with Crippen molar-refractivity contribution < 1.29 is 9.47 Å². The summed E-state index contributed by atoms with van der Waals surface area (Å²) in [4.78, 5) is 0. The number of methoxy groups -OCH3 is 2. The molecule has 2 nitrogen and oxygen atoms in total. The van der Waals surface area contributed by atoms with Crippen LogP contribution in [0.3, 0.4) is 0 Å². The predicted octanol–water partition coefficient (Wildman–Crippen LogP) is 6.13. The van der Waals surface area contributed by atoms with E-state index in [4.69, 9.17) is 9.47 Å². The van der Waals surface area contributed by atoms with Crippen LogP contribution < -0.4 is 9.47 Å². The number of hydrogen-bond acceptors (Lipinski definition) is 2. The molecule has 0 unspecified atom stereocenters. The summed E-state index contributed by atoms with van der Waals surface area (Å²) in [7, 11) is 3.37. The molecule has 0 aliphatic carbocycles. The van der Waals surface area contributed by atoms with Crippen molar-refractivity contribution in [3.05, 3.63) is 45.3 Å². The minimum atomic E-state index is 0.780. The van der Waals surface area contributed by atoms with Crippen LogP contribution in [0.5, 0.6) is 11.5 Å². The third-order valence-corrected chi connectivity index (χ3v) is 5.54. The maximum absolute atomic E-state index is 5.67. The quantitative estimate of drug-likeness (QED) is 0.364. The Hall–Kier alpha value is -1.52. The fraction of sp³-hybridized carbons (Fsp3) is 0.111. The van der Waals surface area contributed by atoms with Crippen LogP contribution in [-0.4, -0.2) is 14.2 Å². The Kier molecular flexibility index (Phi) is 3.20. The fourth-order valence-electron chi connectivity index (χ4n) is 3.25. The Morgan fingerprint density at radius 2 is 0.955 bits per heavy atom. The van der Waals surface area contributed by atoms with E-state index in [-0.39, 0.29) is 0 Å². The van der Waals surface area contributed by atoms with Crippen LogP contribution in [0.25, 0.3) is 32.3 Å². The molecule has 0 radical (unpaired) electrons. The number of ether oxygens (including phenoxy) is 2. The molecule has 0 aliphatic heterocycles. The molecule has 0 bridgehead atoms. The SMILES string of the molecule is COc1c(OC)c2ccc(Br)c3ccc4c(Br)ccc1c4c32. The predicted molar refractivity (Wildman–Crippen MR) is 98.7 cm³/mol. The summed E-state index contributed by atoms with van der Waals surface area (Å²) in [6, 6.07) is 12.5. The lowest BCUT2D eigenvalue weighted by Crippen LogP contribution is -1.95.